The molecule has 0 heterocycles. The summed E-state index contributed by atoms with van der Waals surface area (Å²) >= 11 is 0. The van der Waals surface area contributed by atoms with E-state index in [1.165, 1.54) is 6.42 Å². The van der Waals surface area contributed by atoms with Crippen molar-refractivity contribution < 1.29 is 14.6 Å². The smallest absolute Gasteiger partial charge is 0.248 e. The predicted octanol–water partition coefficient (Wildman–Crippen LogP) is 1.17. The van der Waals surface area contributed by atoms with Crippen LogP contribution in [-0.2, 0) is 9.53 Å². The highest BCUT2D eigenvalue weighted by Crippen LogP contribution is 2.24. The Morgan fingerprint density at radius 1 is 1.44 bits per heavy atom. The number of amides is 1. The zero-order valence-corrected chi connectivity index (χ0v) is 10.5. The van der Waals surface area contributed by atoms with Crippen LogP contribution in [0.3, 0.4) is 0 Å². The highest BCUT2D eigenvalue weighted by molar-refractivity contribution is 5.78. The highest BCUT2D eigenvalue weighted by Gasteiger charge is 2.28. The molecule has 16 heavy (non-hydrogen) atoms. The number of aliphatic hydroxyl groups excluding tert-OH is 1. The van der Waals surface area contributed by atoms with Gasteiger partial charge in [-0.1, -0.05) is 0 Å². The molecule has 1 rings (SSSR count). The summed E-state index contributed by atoms with van der Waals surface area (Å²) in [5.74, 6) is -0.00586. The monoisotopic (exact) mass is 229 g/mol. The quantitative estimate of drug-likeness (QED) is 0.770. The van der Waals surface area contributed by atoms with Gasteiger partial charge in [0.2, 0.25) is 5.91 Å². The molecule has 0 aromatic carbocycles. The maximum atomic E-state index is 11.9. The number of carbonyl (C=O) groups is 1. The standard InChI is InChI=1S/C12H23NO3/c1-12(2,3)16-9-11(15)13(7-8-14)10-5-4-6-10/h10,14H,4-9H2,1-3H3. The van der Waals surface area contributed by atoms with Crippen molar-refractivity contribution in [1.82, 2.24) is 4.90 Å². The molecule has 0 radical (unpaired) electrons. The fourth-order valence-electron chi connectivity index (χ4n) is 1.68. The summed E-state index contributed by atoms with van der Waals surface area (Å²) < 4.78 is 5.46. The minimum Gasteiger partial charge on any atom is -0.395 e. The third-order valence-electron chi connectivity index (χ3n) is 2.81. The van der Waals surface area contributed by atoms with Crippen LogP contribution >= 0.6 is 0 Å². The van der Waals surface area contributed by atoms with Crippen LogP contribution in [0.1, 0.15) is 40.0 Å². The SMILES string of the molecule is CC(C)(C)OCC(=O)N(CCO)C1CCC1. The summed E-state index contributed by atoms with van der Waals surface area (Å²) in [6.07, 6.45) is 3.29. The van der Waals surface area contributed by atoms with Gasteiger partial charge in [0.05, 0.1) is 12.2 Å². The van der Waals surface area contributed by atoms with E-state index in [1.54, 1.807) is 4.90 Å². The highest BCUT2D eigenvalue weighted by atomic mass is 16.5. The van der Waals surface area contributed by atoms with E-state index in [1.807, 2.05) is 20.8 Å². The molecule has 0 unspecified atom stereocenters. The van der Waals surface area contributed by atoms with Crippen LogP contribution in [0.4, 0.5) is 0 Å². The molecule has 1 amide bonds. The van der Waals surface area contributed by atoms with Crippen molar-refractivity contribution >= 4 is 5.91 Å². The van der Waals surface area contributed by atoms with Crippen molar-refractivity contribution in [3.63, 3.8) is 0 Å². The molecule has 1 saturated carbocycles. The largest absolute Gasteiger partial charge is 0.395 e. The van der Waals surface area contributed by atoms with Crippen molar-refractivity contribution in [2.75, 3.05) is 19.8 Å². The summed E-state index contributed by atoms with van der Waals surface area (Å²) in [6.45, 7) is 6.36. The third kappa shape index (κ3) is 4.10. The molecule has 0 saturated heterocycles. The van der Waals surface area contributed by atoms with Gasteiger partial charge in [-0.15, -0.1) is 0 Å². The Balaban J connectivity index is 2.41. The molecule has 1 fully saturated rings. The average Bonchev–Trinajstić information content (AvgIpc) is 2.09. The van der Waals surface area contributed by atoms with Crippen LogP contribution < -0.4 is 0 Å². The second-order valence-electron chi connectivity index (χ2n) is 5.30. The number of carbonyl (C=O) groups excluding carboxylic acids is 1. The molecular weight excluding hydrogens is 206 g/mol. The van der Waals surface area contributed by atoms with E-state index < -0.39 is 0 Å². The fraction of sp³-hybridized carbons (Fsp3) is 0.917. The van der Waals surface area contributed by atoms with Gasteiger partial charge in [0.1, 0.15) is 6.61 Å². The van der Waals surface area contributed by atoms with Gasteiger partial charge in [0.25, 0.3) is 0 Å². The number of ether oxygens (including phenoxy) is 1. The Kier molecular flexibility index (Phi) is 4.74. The van der Waals surface area contributed by atoms with Gasteiger partial charge in [-0.3, -0.25) is 4.79 Å². The number of hydrogen-bond acceptors (Lipinski definition) is 3. The summed E-state index contributed by atoms with van der Waals surface area (Å²) in [5, 5.41) is 8.95. The molecule has 0 aromatic rings. The minimum atomic E-state index is -0.292. The zero-order valence-electron chi connectivity index (χ0n) is 10.5. The summed E-state index contributed by atoms with van der Waals surface area (Å²) in [7, 11) is 0. The Labute approximate surface area is 97.6 Å². The second-order valence-corrected chi connectivity index (χ2v) is 5.30. The van der Waals surface area contributed by atoms with Crippen molar-refractivity contribution in [3.05, 3.63) is 0 Å². The molecule has 94 valence electrons. The lowest BCUT2D eigenvalue weighted by Gasteiger charge is -2.37. The first-order chi connectivity index (χ1) is 7.44. The van der Waals surface area contributed by atoms with Crippen LogP contribution in [0.2, 0.25) is 0 Å². The maximum absolute atomic E-state index is 11.9. The Hall–Kier alpha value is -0.610. The van der Waals surface area contributed by atoms with E-state index in [0.717, 1.165) is 12.8 Å². The van der Waals surface area contributed by atoms with E-state index in [9.17, 15) is 4.79 Å². The number of hydrogen-bond donors (Lipinski definition) is 1. The van der Waals surface area contributed by atoms with Crippen LogP contribution in [0, 0.1) is 0 Å². The predicted molar refractivity (Wildman–Crippen MR) is 62.1 cm³/mol. The molecule has 4 heteroatoms. The minimum absolute atomic E-state index is 0.00586. The maximum Gasteiger partial charge on any atom is 0.248 e. The first-order valence-electron chi connectivity index (χ1n) is 5.98. The Morgan fingerprint density at radius 2 is 2.06 bits per heavy atom. The van der Waals surface area contributed by atoms with Gasteiger partial charge in [0, 0.05) is 12.6 Å². The Morgan fingerprint density at radius 3 is 2.44 bits per heavy atom. The Bertz CT molecular complexity index is 231. The third-order valence-corrected chi connectivity index (χ3v) is 2.81. The summed E-state index contributed by atoms with van der Waals surface area (Å²) in [5.41, 5.74) is -0.292. The first kappa shape index (κ1) is 13.5. The lowest BCUT2D eigenvalue weighted by Crippen LogP contribution is -2.47. The van der Waals surface area contributed by atoms with Crippen molar-refractivity contribution in [2.24, 2.45) is 0 Å². The van der Waals surface area contributed by atoms with E-state index in [-0.39, 0.29) is 24.7 Å². The normalized spacial score (nSPS) is 17.0. The molecule has 0 spiro atoms. The fourth-order valence-corrected chi connectivity index (χ4v) is 1.68. The number of nitrogens with zero attached hydrogens (tertiary/aromatic N) is 1. The van der Waals surface area contributed by atoms with E-state index in [0.29, 0.717) is 12.6 Å². The number of aliphatic hydroxyl groups is 1. The van der Waals surface area contributed by atoms with E-state index in [2.05, 4.69) is 0 Å². The van der Waals surface area contributed by atoms with Gasteiger partial charge in [-0.25, -0.2) is 0 Å². The van der Waals surface area contributed by atoms with Crippen molar-refractivity contribution in [3.8, 4) is 0 Å². The van der Waals surface area contributed by atoms with Crippen LogP contribution in [0.5, 0.6) is 0 Å². The van der Waals surface area contributed by atoms with Gasteiger partial charge >= 0.3 is 0 Å². The van der Waals surface area contributed by atoms with Crippen molar-refractivity contribution in [2.45, 2.75) is 51.7 Å². The van der Waals surface area contributed by atoms with Gasteiger partial charge < -0.3 is 14.7 Å². The van der Waals surface area contributed by atoms with E-state index >= 15 is 0 Å². The molecule has 1 aliphatic rings. The molecular formula is C12H23NO3. The topological polar surface area (TPSA) is 49.8 Å². The first-order valence-corrected chi connectivity index (χ1v) is 5.98. The average molecular weight is 229 g/mol. The molecule has 1 aliphatic carbocycles. The molecule has 0 atom stereocenters. The molecule has 4 nitrogen and oxygen atoms in total. The van der Waals surface area contributed by atoms with E-state index in [4.69, 9.17) is 9.84 Å². The van der Waals surface area contributed by atoms with Crippen LogP contribution in [0.25, 0.3) is 0 Å². The second kappa shape index (κ2) is 5.64. The molecule has 1 N–H and O–H groups in total. The van der Waals surface area contributed by atoms with Crippen LogP contribution in [-0.4, -0.2) is 47.3 Å². The molecule has 0 aromatic heterocycles. The van der Waals surface area contributed by atoms with Crippen LogP contribution in [0.15, 0.2) is 0 Å². The molecule has 0 aliphatic heterocycles. The zero-order chi connectivity index (χ0) is 12.2. The van der Waals surface area contributed by atoms with Gasteiger partial charge in [-0.2, -0.15) is 0 Å². The molecule has 0 bridgehead atoms. The lowest BCUT2D eigenvalue weighted by molar-refractivity contribution is -0.145. The van der Waals surface area contributed by atoms with Gasteiger partial charge in [0.15, 0.2) is 0 Å². The summed E-state index contributed by atoms with van der Waals surface area (Å²) in [4.78, 5) is 13.7. The van der Waals surface area contributed by atoms with Crippen molar-refractivity contribution in [1.29, 1.82) is 0 Å². The summed E-state index contributed by atoms with van der Waals surface area (Å²) in [6, 6.07) is 0.322. The lowest BCUT2D eigenvalue weighted by atomic mass is 9.91. The van der Waals surface area contributed by atoms with Gasteiger partial charge in [-0.05, 0) is 40.0 Å². The number of rotatable bonds is 5.